The predicted molar refractivity (Wildman–Crippen MR) is 40.8 cm³/mol. The number of carbonyl (C=O) groups excluding carboxylic acids is 1. The van der Waals surface area contributed by atoms with E-state index in [0.29, 0.717) is 5.78 Å². The van der Waals surface area contributed by atoms with Crippen LogP contribution in [0, 0.1) is 11.3 Å². The molecule has 1 saturated heterocycles. The lowest BCUT2D eigenvalue weighted by molar-refractivity contribution is -0.122. The average Bonchev–Trinajstić information content (AvgIpc) is 2.08. The highest BCUT2D eigenvalue weighted by atomic mass is 16.1. The summed E-state index contributed by atoms with van der Waals surface area (Å²) in [6, 6.07) is 0. The molecule has 1 heterocycles. The second-order valence-corrected chi connectivity index (χ2v) is 3.78. The van der Waals surface area contributed by atoms with Crippen LogP contribution in [0.2, 0.25) is 0 Å². The fourth-order valence-corrected chi connectivity index (χ4v) is 1.63. The largest absolute Gasteiger partial charge is 0.315 e. The summed E-state index contributed by atoms with van der Waals surface area (Å²) in [6.07, 6.45) is 0. The summed E-state index contributed by atoms with van der Waals surface area (Å²) in [5.41, 5.74) is 0.172. The van der Waals surface area contributed by atoms with E-state index in [1.54, 1.807) is 6.92 Å². The molecule has 58 valence electrons. The van der Waals surface area contributed by atoms with Crippen molar-refractivity contribution >= 4 is 5.78 Å². The standard InChI is InChI=1S/C8H15NO/c1-6(10)7-4-9-5-8(7,2)3/h7,9H,4-5H2,1-3H3/t7-/m0/s1. The van der Waals surface area contributed by atoms with Gasteiger partial charge in [0.25, 0.3) is 0 Å². The fraction of sp³-hybridized carbons (Fsp3) is 0.875. The Morgan fingerprint density at radius 2 is 2.20 bits per heavy atom. The third kappa shape index (κ3) is 1.21. The number of Topliss-reactive ketones (excluding diaryl/α,β-unsaturated/α-hetero) is 1. The summed E-state index contributed by atoms with van der Waals surface area (Å²) in [4.78, 5) is 11.0. The topological polar surface area (TPSA) is 29.1 Å². The SMILES string of the molecule is CC(=O)[C@@H]1CNCC1(C)C. The van der Waals surface area contributed by atoms with Gasteiger partial charge in [0.05, 0.1) is 0 Å². The van der Waals surface area contributed by atoms with Crippen LogP contribution in [-0.2, 0) is 4.79 Å². The molecule has 0 radical (unpaired) electrons. The second kappa shape index (κ2) is 2.35. The minimum absolute atomic E-state index is 0.172. The average molecular weight is 141 g/mol. The Morgan fingerprint density at radius 1 is 1.60 bits per heavy atom. The number of rotatable bonds is 1. The summed E-state index contributed by atoms with van der Waals surface area (Å²) in [5, 5.41) is 3.22. The van der Waals surface area contributed by atoms with Gasteiger partial charge in [0.1, 0.15) is 5.78 Å². The Morgan fingerprint density at radius 3 is 2.40 bits per heavy atom. The predicted octanol–water partition coefficient (Wildman–Crippen LogP) is 0.821. The van der Waals surface area contributed by atoms with Gasteiger partial charge >= 0.3 is 0 Å². The van der Waals surface area contributed by atoms with Crippen LogP contribution < -0.4 is 5.32 Å². The van der Waals surface area contributed by atoms with E-state index in [2.05, 4.69) is 19.2 Å². The van der Waals surface area contributed by atoms with E-state index in [1.807, 2.05) is 0 Å². The zero-order valence-electron chi connectivity index (χ0n) is 6.90. The molecule has 0 aromatic heterocycles. The van der Waals surface area contributed by atoms with Crippen LogP contribution in [0.1, 0.15) is 20.8 Å². The van der Waals surface area contributed by atoms with Gasteiger partial charge in [-0.15, -0.1) is 0 Å². The Bertz CT molecular complexity index is 151. The number of nitrogens with one attached hydrogen (secondary N) is 1. The fourth-order valence-electron chi connectivity index (χ4n) is 1.63. The maximum atomic E-state index is 11.0. The number of carbonyl (C=O) groups is 1. The minimum Gasteiger partial charge on any atom is -0.315 e. The zero-order valence-corrected chi connectivity index (χ0v) is 6.90. The van der Waals surface area contributed by atoms with Gasteiger partial charge in [-0.1, -0.05) is 13.8 Å². The van der Waals surface area contributed by atoms with Gasteiger partial charge < -0.3 is 5.32 Å². The van der Waals surface area contributed by atoms with Crippen molar-refractivity contribution in [3.05, 3.63) is 0 Å². The maximum absolute atomic E-state index is 11.0. The van der Waals surface area contributed by atoms with Crippen molar-refractivity contribution in [3.8, 4) is 0 Å². The summed E-state index contributed by atoms with van der Waals surface area (Å²) in [6.45, 7) is 7.79. The molecule has 0 aromatic carbocycles. The van der Waals surface area contributed by atoms with E-state index in [1.165, 1.54) is 0 Å². The van der Waals surface area contributed by atoms with Gasteiger partial charge in [-0.3, -0.25) is 4.79 Å². The molecule has 1 atom stereocenters. The normalized spacial score (nSPS) is 30.5. The van der Waals surface area contributed by atoms with Crippen LogP contribution in [0.25, 0.3) is 0 Å². The first-order valence-corrected chi connectivity index (χ1v) is 3.75. The van der Waals surface area contributed by atoms with Crippen LogP contribution in [0.5, 0.6) is 0 Å². The summed E-state index contributed by atoms with van der Waals surface area (Å²) in [7, 11) is 0. The van der Waals surface area contributed by atoms with E-state index in [0.717, 1.165) is 13.1 Å². The van der Waals surface area contributed by atoms with Gasteiger partial charge in [0.2, 0.25) is 0 Å². The van der Waals surface area contributed by atoms with E-state index < -0.39 is 0 Å². The molecule has 0 aliphatic carbocycles. The lowest BCUT2D eigenvalue weighted by Gasteiger charge is -2.22. The van der Waals surface area contributed by atoms with Crippen molar-refractivity contribution in [2.45, 2.75) is 20.8 Å². The molecule has 1 aliphatic rings. The van der Waals surface area contributed by atoms with E-state index in [4.69, 9.17) is 0 Å². The lowest BCUT2D eigenvalue weighted by Crippen LogP contribution is -2.27. The van der Waals surface area contributed by atoms with E-state index >= 15 is 0 Å². The number of hydrogen-bond acceptors (Lipinski definition) is 2. The third-order valence-electron chi connectivity index (χ3n) is 2.36. The van der Waals surface area contributed by atoms with E-state index in [9.17, 15) is 4.79 Å². The Kier molecular flexibility index (Phi) is 1.82. The van der Waals surface area contributed by atoms with Crippen LogP contribution in [-0.4, -0.2) is 18.9 Å². The molecule has 1 fully saturated rings. The van der Waals surface area contributed by atoms with Crippen molar-refractivity contribution in [1.82, 2.24) is 5.32 Å². The maximum Gasteiger partial charge on any atom is 0.134 e. The summed E-state index contributed by atoms with van der Waals surface area (Å²) in [5.74, 6) is 0.544. The van der Waals surface area contributed by atoms with E-state index in [-0.39, 0.29) is 11.3 Å². The highest BCUT2D eigenvalue weighted by Crippen LogP contribution is 2.30. The molecular weight excluding hydrogens is 126 g/mol. The number of ketones is 1. The monoisotopic (exact) mass is 141 g/mol. The summed E-state index contributed by atoms with van der Waals surface area (Å²) < 4.78 is 0. The van der Waals surface area contributed by atoms with Gasteiger partial charge in [-0.2, -0.15) is 0 Å². The number of hydrogen-bond donors (Lipinski definition) is 1. The molecule has 10 heavy (non-hydrogen) atoms. The van der Waals surface area contributed by atoms with Crippen LogP contribution in [0.3, 0.4) is 0 Å². The molecule has 0 aromatic rings. The van der Waals surface area contributed by atoms with Crippen LogP contribution in [0.15, 0.2) is 0 Å². The van der Waals surface area contributed by atoms with Crippen molar-refractivity contribution in [2.75, 3.05) is 13.1 Å². The van der Waals surface area contributed by atoms with Crippen molar-refractivity contribution in [2.24, 2.45) is 11.3 Å². The Labute approximate surface area is 62.0 Å². The van der Waals surface area contributed by atoms with Gasteiger partial charge in [-0.25, -0.2) is 0 Å². The first kappa shape index (κ1) is 7.73. The highest BCUT2D eigenvalue weighted by Gasteiger charge is 2.36. The molecule has 0 bridgehead atoms. The quantitative estimate of drug-likeness (QED) is 0.585. The molecule has 2 heteroatoms. The Balaban J connectivity index is 2.68. The molecule has 1 aliphatic heterocycles. The molecule has 0 unspecified atom stereocenters. The van der Waals surface area contributed by atoms with Crippen LogP contribution in [0.4, 0.5) is 0 Å². The smallest absolute Gasteiger partial charge is 0.134 e. The molecule has 0 saturated carbocycles. The minimum atomic E-state index is 0.172. The van der Waals surface area contributed by atoms with Gasteiger partial charge in [0, 0.05) is 19.0 Å². The highest BCUT2D eigenvalue weighted by molar-refractivity contribution is 5.79. The first-order valence-electron chi connectivity index (χ1n) is 3.75. The summed E-state index contributed by atoms with van der Waals surface area (Å²) >= 11 is 0. The van der Waals surface area contributed by atoms with Crippen molar-refractivity contribution < 1.29 is 4.79 Å². The molecule has 1 N–H and O–H groups in total. The molecule has 2 nitrogen and oxygen atoms in total. The second-order valence-electron chi connectivity index (χ2n) is 3.78. The van der Waals surface area contributed by atoms with Crippen molar-refractivity contribution in [3.63, 3.8) is 0 Å². The lowest BCUT2D eigenvalue weighted by atomic mass is 9.80. The first-order chi connectivity index (χ1) is 4.54. The van der Waals surface area contributed by atoms with Crippen molar-refractivity contribution in [1.29, 1.82) is 0 Å². The third-order valence-corrected chi connectivity index (χ3v) is 2.36. The Hall–Kier alpha value is -0.370. The van der Waals surface area contributed by atoms with Gasteiger partial charge in [-0.05, 0) is 12.3 Å². The molecule has 0 spiro atoms. The van der Waals surface area contributed by atoms with Crippen LogP contribution >= 0.6 is 0 Å². The molecule has 1 rings (SSSR count). The molecule has 0 amide bonds. The van der Waals surface area contributed by atoms with Gasteiger partial charge in [0.15, 0.2) is 0 Å². The zero-order chi connectivity index (χ0) is 7.78. The molecular formula is C8H15NO.